The molecule has 0 atom stereocenters. The van der Waals surface area contributed by atoms with Gasteiger partial charge >= 0.3 is 5.97 Å². The van der Waals surface area contributed by atoms with Crippen molar-refractivity contribution in [2.45, 2.75) is 32.6 Å². The highest BCUT2D eigenvalue weighted by Gasteiger charge is 2.04. The standard InChI is InChI=1S/C24H27NO3/c1-18(2)24(26)28-16-8-4-3-7-15-27-21-13-11-19(12-14-21)23-17-20-9-5-6-10-22(20)25-23/h5-6,9-14,17,25H,1,3-4,7-8,15-16H2,2H3. The van der Waals surface area contributed by atoms with Gasteiger partial charge in [-0.1, -0.05) is 24.8 Å². The summed E-state index contributed by atoms with van der Waals surface area (Å²) in [6, 6.07) is 18.6. The Balaban J connectivity index is 1.36. The number of rotatable bonds is 10. The maximum absolute atomic E-state index is 11.3. The lowest BCUT2D eigenvalue weighted by Crippen LogP contribution is -2.06. The van der Waals surface area contributed by atoms with E-state index in [9.17, 15) is 4.79 Å². The van der Waals surface area contributed by atoms with E-state index >= 15 is 0 Å². The molecule has 1 heterocycles. The summed E-state index contributed by atoms with van der Waals surface area (Å²) in [5, 5.41) is 1.22. The van der Waals surface area contributed by atoms with Gasteiger partial charge in [0.1, 0.15) is 5.75 Å². The SMILES string of the molecule is C=C(C)C(=O)OCCCCCCOc1ccc(-c2cc3ccccc3[nH]2)cc1. The van der Waals surface area contributed by atoms with Crippen LogP contribution in [0.4, 0.5) is 0 Å². The van der Waals surface area contributed by atoms with E-state index in [0.29, 0.717) is 18.8 Å². The smallest absolute Gasteiger partial charge is 0.333 e. The number of unbranched alkanes of at least 4 members (excludes halogenated alkanes) is 3. The fourth-order valence-corrected chi connectivity index (χ4v) is 3.00. The third kappa shape index (κ3) is 5.49. The van der Waals surface area contributed by atoms with E-state index < -0.39 is 0 Å². The number of hydrogen-bond acceptors (Lipinski definition) is 3. The zero-order valence-corrected chi connectivity index (χ0v) is 16.4. The fraction of sp³-hybridized carbons (Fsp3) is 0.292. The summed E-state index contributed by atoms with van der Waals surface area (Å²) in [6.45, 7) is 6.37. The van der Waals surface area contributed by atoms with Crippen LogP contribution in [0, 0.1) is 0 Å². The molecule has 0 fully saturated rings. The van der Waals surface area contributed by atoms with Crippen molar-refractivity contribution in [1.82, 2.24) is 4.98 Å². The predicted molar refractivity (Wildman–Crippen MR) is 113 cm³/mol. The van der Waals surface area contributed by atoms with Crippen molar-refractivity contribution < 1.29 is 14.3 Å². The minimum atomic E-state index is -0.306. The number of benzene rings is 2. The first-order chi connectivity index (χ1) is 13.6. The first-order valence-corrected chi connectivity index (χ1v) is 9.77. The topological polar surface area (TPSA) is 51.3 Å². The summed E-state index contributed by atoms with van der Waals surface area (Å²) in [5.41, 5.74) is 3.85. The summed E-state index contributed by atoms with van der Waals surface area (Å²) >= 11 is 0. The molecule has 0 spiro atoms. The number of carbonyl (C=O) groups is 1. The van der Waals surface area contributed by atoms with Gasteiger partial charge in [0.2, 0.25) is 0 Å². The Morgan fingerprint density at radius 1 is 0.964 bits per heavy atom. The van der Waals surface area contributed by atoms with E-state index in [1.54, 1.807) is 6.92 Å². The maximum atomic E-state index is 11.3. The Labute approximate surface area is 166 Å². The van der Waals surface area contributed by atoms with Crippen LogP contribution in [0.2, 0.25) is 0 Å². The van der Waals surface area contributed by atoms with Crippen LogP contribution in [0.1, 0.15) is 32.6 Å². The summed E-state index contributed by atoms with van der Waals surface area (Å²) < 4.78 is 10.9. The molecule has 0 aliphatic carbocycles. The molecule has 4 nitrogen and oxygen atoms in total. The van der Waals surface area contributed by atoms with E-state index in [1.807, 2.05) is 24.3 Å². The van der Waals surface area contributed by atoms with E-state index in [4.69, 9.17) is 9.47 Å². The predicted octanol–water partition coefficient (Wildman–Crippen LogP) is 5.89. The molecular formula is C24H27NO3. The van der Waals surface area contributed by atoms with Gasteiger partial charge in [-0.2, -0.15) is 0 Å². The van der Waals surface area contributed by atoms with E-state index in [2.05, 4.69) is 41.9 Å². The third-order valence-corrected chi connectivity index (χ3v) is 4.58. The number of esters is 1. The second kappa shape index (κ2) is 9.79. The summed E-state index contributed by atoms with van der Waals surface area (Å²) in [7, 11) is 0. The second-order valence-corrected chi connectivity index (χ2v) is 6.97. The largest absolute Gasteiger partial charge is 0.494 e. The summed E-state index contributed by atoms with van der Waals surface area (Å²) in [6.07, 6.45) is 3.93. The van der Waals surface area contributed by atoms with Gasteiger partial charge in [0.25, 0.3) is 0 Å². The van der Waals surface area contributed by atoms with E-state index in [-0.39, 0.29) is 5.97 Å². The highest BCUT2D eigenvalue weighted by Crippen LogP contribution is 2.25. The monoisotopic (exact) mass is 377 g/mol. The average Bonchev–Trinajstić information content (AvgIpc) is 3.14. The van der Waals surface area contributed by atoms with Crippen molar-refractivity contribution in [3.8, 4) is 17.0 Å². The van der Waals surface area contributed by atoms with Crippen LogP contribution < -0.4 is 4.74 Å². The molecule has 0 unspecified atom stereocenters. The number of H-pyrrole nitrogens is 1. The molecule has 0 bridgehead atoms. The van der Waals surface area contributed by atoms with Crippen molar-refractivity contribution in [2.75, 3.05) is 13.2 Å². The molecule has 146 valence electrons. The van der Waals surface area contributed by atoms with Crippen molar-refractivity contribution in [2.24, 2.45) is 0 Å². The Morgan fingerprint density at radius 3 is 2.39 bits per heavy atom. The second-order valence-electron chi connectivity index (χ2n) is 6.97. The molecule has 0 saturated carbocycles. The minimum absolute atomic E-state index is 0.306. The maximum Gasteiger partial charge on any atom is 0.333 e. The zero-order chi connectivity index (χ0) is 19.8. The quantitative estimate of drug-likeness (QED) is 0.272. The van der Waals surface area contributed by atoms with Gasteiger partial charge < -0.3 is 14.5 Å². The summed E-state index contributed by atoms with van der Waals surface area (Å²) in [4.78, 5) is 14.7. The molecular weight excluding hydrogens is 350 g/mol. The fourth-order valence-electron chi connectivity index (χ4n) is 3.00. The van der Waals surface area contributed by atoms with Crippen LogP contribution in [0.15, 0.2) is 66.7 Å². The lowest BCUT2D eigenvalue weighted by molar-refractivity contribution is -0.139. The van der Waals surface area contributed by atoms with Crippen molar-refractivity contribution in [3.05, 3.63) is 66.7 Å². The van der Waals surface area contributed by atoms with Gasteiger partial charge in [-0.3, -0.25) is 0 Å². The van der Waals surface area contributed by atoms with Crippen molar-refractivity contribution in [1.29, 1.82) is 0 Å². The van der Waals surface area contributed by atoms with Gasteiger partial charge in [-0.05, 0) is 74.6 Å². The molecule has 28 heavy (non-hydrogen) atoms. The number of aromatic amines is 1. The number of fused-ring (bicyclic) bond motifs is 1. The van der Waals surface area contributed by atoms with Crippen LogP contribution in [-0.4, -0.2) is 24.2 Å². The van der Waals surface area contributed by atoms with Crippen LogP contribution in [-0.2, 0) is 9.53 Å². The molecule has 2 aromatic carbocycles. The van der Waals surface area contributed by atoms with Gasteiger partial charge in [-0.25, -0.2) is 4.79 Å². The van der Waals surface area contributed by atoms with Crippen LogP contribution in [0.5, 0.6) is 5.75 Å². The Bertz CT molecular complexity index is 891. The molecule has 1 N–H and O–H groups in total. The molecule has 0 saturated heterocycles. The zero-order valence-electron chi connectivity index (χ0n) is 16.4. The van der Waals surface area contributed by atoms with Gasteiger partial charge in [0.15, 0.2) is 0 Å². The molecule has 3 aromatic rings. The first-order valence-electron chi connectivity index (χ1n) is 9.77. The Morgan fingerprint density at radius 2 is 1.68 bits per heavy atom. The van der Waals surface area contributed by atoms with E-state index in [1.165, 1.54) is 5.39 Å². The number of nitrogens with one attached hydrogen (secondary N) is 1. The lowest BCUT2D eigenvalue weighted by atomic mass is 10.1. The van der Waals surface area contributed by atoms with Crippen LogP contribution >= 0.6 is 0 Å². The Hall–Kier alpha value is -3.01. The van der Waals surface area contributed by atoms with Gasteiger partial charge in [-0.15, -0.1) is 0 Å². The molecule has 0 aliphatic rings. The number of ether oxygens (including phenoxy) is 2. The minimum Gasteiger partial charge on any atom is -0.494 e. The number of para-hydroxylation sites is 1. The average molecular weight is 377 g/mol. The van der Waals surface area contributed by atoms with Gasteiger partial charge in [0.05, 0.1) is 13.2 Å². The van der Waals surface area contributed by atoms with Gasteiger partial charge in [0, 0.05) is 22.2 Å². The highest BCUT2D eigenvalue weighted by molar-refractivity contribution is 5.87. The summed E-state index contributed by atoms with van der Waals surface area (Å²) in [5.74, 6) is 0.578. The van der Waals surface area contributed by atoms with E-state index in [0.717, 1.165) is 48.2 Å². The first kappa shape index (κ1) is 19.7. The third-order valence-electron chi connectivity index (χ3n) is 4.58. The van der Waals surface area contributed by atoms with Crippen molar-refractivity contribution >= 4 is 16.9 Å². The highest BCUT2D eigenvalue weighted by atomic mass is 16.5. The lowest BCUT2D eigenvalue weighted by Gasteiger charge is -2.07. The molecule has 0 aliphatic heterocycles. The molecule has 0 amide bonds. The normalized spacial score (nSPS) is 10.8. The van der Waals surface area contributed by atoms with Crippen molar-refractivity contribution in [3.63, 3.8) is 0 Å². The van der Waals surface area contributed by atoms with Crippen LogP contribution in [0.25, 0.3) is 22.2 Å². The number of carbonyl (C=O) groups excluding carboxylic acids is 1. The molecule has 3 rings (SSSR count). The Kier molecular flexibility index (Phi) is 6.90. The number of aromatic nitrogens is 1. The number of hydrogen-bond donors (Lipinski definition) is 1. The molecule has 0 radical (unpaired) electrons. The van der Waals surface area contributed by atoms with Crippen LogP contribution in [0.3, 0.4) is 0 Å². The molecule has 1 aromatic heterocycles. The molecule has 4 heteroatoms.